The largest absolute Gasteiger partial charge is 0.368 e. The van der Waals surface area contributed by atoms with Gasteiger partial charge in [-0.3, -0.25) is 9.52 Å². The van der Waals surface area contributed by atoms with Crippen molar-refractivity contribution in [1.29, 1.82) is 0 Å². The number of fused-ring (bicyclic) bond motifs is 1. The van der Waals surface area contributed by atoms with Gasteiger partial charge in [-0.25, -0.2) is 8.42 Å². The Bertz CT molecular complexity index is 986. The van der Waals surface area contributed by atoms with Crippen LogP contribution in [0.4, 0.5) is 11.4 Å². The molecule has 0 aromatic heterocycles. The van der Waals surface area contributed by atoms with Crippen LogP contribution in [-0.2, 0) is 31.7 Å². The van der Waals surface area contributed by atoms with Crippen molar-refractivity contribution in [2.45, 2.75) is 31.1 Å². The van der Waals surface area contributed by atoms with E-state index in [1.54, 1.807) is 47.4 Å². The smallest absolute Gasteiger partial charge is 0.256 e. The SMILES string of the molecule is O=C(C1CCCO1)N1CCc2cc(NS(=O)(=O)Cc3ccc(Cl)cc3)ccc21. The van der Waals surface area contributed by atoms with E-state index in [1.165, 1.54) is 0 Å². The number of nitrogens with zero attached hydrogens (tertiary/aromatic N) is 1. The summed E-state index contributed by atoms with van der Waals surface area (Å²) in [7, 11) is -3.55. The zero-order chi connectivity index (χ0) is 19.7. The number of amides is 1. The van der Waals surface area contributed by atoms with Crippen molar-refractivity contribution in [1.82, 2.24) is 0 Å². The van der Waals surface area contributed by atoms with Gasteiger partial charge in [-0.2, -0.15) is 0 Å². The third-order valence-electron chi connectivity index (χ3n) is 4.99. The van der Waals surface area contributed by atoms with Crippen molar-refractivity contribution in [3.05, 3.63) is 58.6 Å². The molecular weight excluding hydrogens is 400 g/mol. The Morgan fingerprint density at radius 1 is 1.21 bits per heavy atom. The third kappa shape index (κ3) is 4.16. The van der Waals surface area contributed by atoms with E-state index in [0.29, 0.717) is 35.8 Å². The van der Waals surface area contributed by atoms with E-state index >= 15 is 0 Å². The summed E-state index contributed by atoms with van der Waals surface area (Å²) in [5, 5.41) is 0.565. The molecule has 0 aliphatic carbocycles. The Kier molecular flexibility index (Phi) is 5.31. The molecule has 2 aromatic carbocycles. The lowest BCUT2D eigenvalue weighted by molar-refractivity contribution is -0.127. The van der Waals surface area contributed by atoms with Gasteiger partial charge in [-0.05, 0) is 60.7 Å². The number of carbonyl (C=O) groups is 1. The topological polar surface area (TPSA) is 75.7 Å². The molecule has 2 aromatic rings. The van der Waals surface area contributed by atoms with Crippen LogP contribution in [0, 0.1) is 0 Å². The number of halogens is 1. The molecule has 1 saturated heterocycles. The number of sulfonamides is 1. The summed E-state index contributed by atoms with van der Waals surface area (Å²) < 4.78 is 33.1. The summed E-state index contributed by atoms with van der Waals surface area (Å²) in [5.74, 6) is -0.141. The van der Waals surface area contributed by atoms with E-state index in [4.69, 9.17) is 16.3 Å². The molecule has 2 aliphatic heterocycles. The fraction of sp³-hybridized carbons (Fsp3) is 0.350. The molecule has 0 bridgehead atoms. The number of rotatable bonds is 5. The molecular formula is C20H21ClN2O4S. The van der Waals surface area contributed by atoms with Crippen LogP contribution in [0.1, 0.15) is 24.0 Å². The summed E-state index contributed by atoms with van der Waals surface area (Å²) in [4.78, 5) is 14.4. The van der Waals surface area contributed by atoms with Crippen molar-refractivity contribution in [3.63, 3.8) is 0 Å². The Morgan fingerprint density at radius 3 is 2.71 bits per heavy atom. The first-order valence-electron chi connectivity index (χ1n) is 9.22. The third-order valence-corrected chi connectivity index (χ3v) is 6.50. The highest BCUT2D eigenvalue weighted by atomic mass is 35.5. The van der Waals surface area contributed by atoms with Crippen molar-refractivity contribution < 1.29 is 17.9 Å². The van der Waals surface area contributed by atoms with E-state index < -0.39 is 10.0 Å². The molecule has 6 nitrogen and oxygen atoms in total. The zero-order valence-electron chi connectivity index (χ0n) is 15.2. The van der Waals surface area contributed by atoms with E-state index in [9.17, 15) is 13.2 Å². The maximum Gasteiger partial charge on any atom is 0.256 e. The van der Waals surface area contributed by atoms with Crippen molar-refractivity contribution >= 4 is 38.9 Å². The lowest BCUT2D eigenvalue weighted by Crippen LogP contribution is -2.37. The molecule has 1 amide bonds. The maximum atomic E-state index is 12.6. The fourth-order valence-electron chi connectivity index (χ4n) is 3.66. The zero-order valence-corrected chi connectivity index (χ0v) is 16.8. The number of hydrogen-bond acceptors (Lipinski definition) is 4. The minimum Gasteiger partial charge on any atom is -0.368 e. The molecule has 1 atom stereocenters. The van der Waals surface area contributed by atoms with Crippen LogP contribution in [0.15, 0.2) is 42.5 Å². The van der Waals surface area contributed by atoms with E-state index in [0.717, 1.165) is 24.1 Å². The van der Waals surface area contributed by atoms with Gasteiger partial charge in [0.1, 0.15) is 6.10 Å². The summed E-state index contributed by atoms with van der Waals surface area (Å²) in [6.07, 6.45) is 2.00. The number of ether oxygens (including phenoxy) is 1. The molecule has 4 rings (SSSR count). The van der Waals surface area contributed by atoms with Gasteiger partial charge in [0.05, 0.1) is 5.75 Å². The summed E-state index contributed by atoms with van der Waals surface area (Å²) in [6, 6.07) is 12.0. The summed E-state index contributed by atoms with van der Waals surface area (Å²) >= 11 is 5.84. The maximum absolute atomic E-state index is 12.6. The molecule has 1 fully saturated rings. The average Bonchev–Trinajstić information content (AvgIpc) is 3.32. The standard InChI is InChI=1S/C20H21ClN2O4S/c21-16-5-3-14(4-6-16)13-28(25,26)22-17-7-8-18-15(12-17)9-10-23(18)20(24)19-2-1-11-27-19/h3-8,12,19,22H,1-2,9-11,13H2. The molecule has 8 heteroatoms. The molecule has 0 radical (unpaired) electrons. The van der Waals surface area contributed by atoms with Gasteiger partial charge < -0.3 is 9.64 Å². The average molecular weight is 421 g/mol. The summed E-state index contributed by atoms with van der Waals surface area (Å²) in [5.41, 5.74) is 2.95. The van der Waals surface area contributed by atoms with Crippen LogP contribution in [-0.4, -0.2) is 33.6 Å². The lowest BCUT2D eigenvalue weighted by Gasteiger charge is -2.21. The molecule has 1 N–H and O–H groups in total. The second kappa shape index (κ2) is 7.73. The monoisotopic (exact) mass is 420 g/mol. The normalized spacial score (nSPS) is 18.9. The van der Waals surface area contributed by atoms with Crippen LogP contribution in [0.3, 0.4) is 0 Å². The van der Waals surface area contributed by atoms with Crippen molar-refractivity contribution in [2.24, 2.45) is 0 Å². The predicted octanol–water partition coefficient (Wildman–Crippen LogP) is 3.35. The number of nitrogens with one attached hydrogen (secondary N) is 1. The van der Waals surface area contributed by atoms with E-state index in [2.05, 4.69) is 4.72 Å². The second-order valence-corrected chi connectivity index (χ2v) is 9.23. The molecule has 0 spiro atoms. The minimum absolute atomic E-state index is 0.00711. The highest BCUT2D eigenvalue weighted by Gasteiger charge is 2.32. The van der Waals surface area contributed by atoms with E-state index in [1.807, 2.05) is 0 Å². The van der Waals surface area contributed by atoms with Crippen LogP contribution >= 0.6 is 11.6 Å². The Labute approximate surface area is 169 Å². The van der Waals surface area contributed by atoms with Gasteiger partial charge in [0.15, 0.2) is 0 Å². The predicted molar refractivity (Wildman–Crippen MR) is 109 cm³/mol. The molecule has 148 valence electrons. The number of hydrogen-bond donors (Lipinski definition) is 1. The molecule has 2 aliphatic rings. The van der Waals surface area contributed by atoms with Crippen LogP contribution in [0.25, 0.3) is 0 Å². The first kappa shape index (κ1) is 19.2. The van der Waals surface area contributed by atoms with Gasteiger partial charge in [0, 0.05) is 29.5 Å². The molecule has 28 heavy (non-hydrogen) atoms. The minimum atomic E-state index is -3.55. The Hall–Kier alpha value is -2.09. The molecule has 0 saturated carbocycles. The fourth-order valence-corrected chi connectivity index (χ4v) is 4.97. The van der Waals surface area contributed by atoms with E-state index in [-0.39, 0.29) is 17.8 Å². The van der Waals surface area contributed by atoms with Crippen LogP contribution in [0.2, 0.25) is 5.02 Å². The first-order valence-corrected chi connectivity index (χ1v) is 11.3. The Balaban J connectivity index is 1.47. The van der Waals surface area contributed by atoms with Gasteiger partial charge in [-0.15, -0.1) is 0 Å². The second-order valence-electron chi connectivity index (χ2n) is 7.07. The summed E-state index contributed by atoms with van der Waals surface area (Å²) in [6.45, 7) is 1.22. The van der Waals surface area contributed by atoms with Gasteiger partial charge >= 0.3 is 0 Å². The number of benzene rings is 2. The number of anilines is 2. The highest BCUT2D eigenvalue weighted by molar-refractivity contribution is 7.91. The van der Waals surface area contributed by atoms with Gasteiger partial charge in [-0.1, -0.05) is 23.7 Å². The van der Waals surface area contributed by atoms with Gasteiger partial charge in [0.25, 0.3) is 5.91 Å². The molecule has 2 heterocycles. The highest BCUT2D eigenvalue weighted by Crippen LogP contribution is 2.32. The molecule has 1 unspecified atom stereocenters. The van der Waals surface area contributed by atoms with Gasteiger partial charge in [0.2, 0.25) is 10.0 Å². The van der Waals surface area contributed by atoms with Crippen LogP contribution in [0.5, 0.6) is 0 Å². The van der Waals surface area contributed by atoms with Crippen LogP contribution < -0.4 is 9.62 Å². The first-order chi connectivity index (χ1) is 13.4. The van der Waals surface area contributed by atoms with Crippen molar-refractivity contribution in [2.75, 3.05) is 22.8 Å². The Morgan fingerprint density at radius 2 is 2.00 bits per heavy atom. The van der Waals surface area contributed by atoms with Crippen molar-refractivity contribution in [3.8, 4) is 0 Å². The quantitative estimate of drug-likeness (QED) is 0.804. The number of carbonyl (C=O) groups excluding carboxylic acids is 1. The lowest BCUT2D eigenvalue weighted by atomic mass is 10.1.